The summed E-state index contributed by atoms with van der Waals surface area (Å²) in [5.74, 6) is -0.0832. The monoisotopic (exact) mass is 357 g/mol. The minimum absolute atomic E-state index is 0.0567. The van der Waals surface area contributed by atoms with Crippen molar-refractivity contribution in [3.63, 3.8) is 0 Å². The number of carbonyl (C=O) groups excluding carboxylic acids is 1. The Morgan fingerprint density at radius 1 is 1.16 bits per heavy atom. The maximum absolute atomic E-state index is 12.6. The second-order valence-corrected chi connectivity index (χ2v) is 6.29. The highest BCUT2D eigenvalue weighted by molar-refractivity contribution is 6.30. The molecule has 0 fully saturated rings. The van der Waals surface area contributed by atoms with Crippen LogP contribution in [-0.2, 0) is 19.5 Å². The van der Waals surface area contributed by atoms with Crippen molar-refractivity contribution in [3.8, 4) is 0 Å². The number of nitrogens with zero attached hydrogens (tertiary/aromatic N) is 2. The van der Waals surface area contributed by atoms with Gasteiger partial charge in [-0.05, 0) is 42.3 Å². The second kappa shape index (κ2) is 7.25. The number of benzene rings is 2. The number of hydrogen-bond acceptors (Lipinski definition) is 3. The van der Waals surface area contributed by atoms with Gasteiger partial charge in [0.25, 0.3) is 0 Å². The number of Topliss-reactive ketones (excluding diaryl/α,β-unsaturated/α-hetero) is 1. The molecule has 0 aliphatic rings. The smallest absolute Gasteiger partial charge is 0.203 e. The summed E-state index contributed by atoms with van der Waals surface area (Å²) < 4.78 is 3.46. The number of aromatic nitrogens is 2. The van der Waals surface area contributed by atoms with E-state index in [1.54, 1.807) is 33.4 Å². The highest BCUT2D eigenvalue weighted by Gasteiger charge is 2.16. The number of aryl methyl sites for hydroxylation is 1. The third kappa shape index (κ3) is 3.25. The van der Waals surface area contributed by atoms with Crippen LogP contribution in [0.2, 0.25) is 5.02 Å². The topological polar surface area (TPSA) is 71.0 Å². The first kappa shape index (κ1) is 17.5. The van der Waals surface area contributed by atoms with E-state index >= 15 is 0 Å². The molecule has 0 spiro atoms. The third-order valence-electron chi connectivity index (χ3n) is 4.34. The maximum atomic E-state index is 12.6. The highest BCUT2D eigenvalue weighted by Crippen LogP contribution is 2.20. The Hall–Kier alpha value is -2.37. The van der Waals surface area contributed by atoms with Gasteiger partial charge in [0, 0.05) is 17.1 Å². The van der Waals surface area contributed by atoms with E-state index in [1.165, 1.54) is 0 Å². The van der Waals surface area contributed by atoms with E-state index in [0.717, 1.165) is 23.0 Å². The van der Waals surface area contributed by atoms with Crippen LogP contribution in [-0.4, -0.2) is 26.6 Å². The van der Waals surface area contributed by atoms with Crippen molar-refractivity contribution in [1.29, 1.82) is 5.41 Å². The second-order valence-electron chi connectivity index (χ2n) is 5.85. The van der Waals surface area contributed by atoms with Crippen LogP contribution >= 0.6 is 11.6 Å². The van der Waals surface area contributed by atoms with Gasteiger partial charge in [0.2, 0.25) is 5.62 Å². The van der Waals surface area contributed by atoms with Crippen molar-refractivity contribution in [2.45, 2.75) is 26.4 Å². The molecular formula is C19H20ClN3O2. The summed E-state index contributed by atoms with van der Waals surface area (Å²) in [5.41, 5.74) is 3.61. The first-order valence-electron chi connectivity index (χ1n) is 8.22. The van der Waals surface area contributed by atoms with Crippen LogP contribution in [0.4, 0.5) is 0 Å². The van der Waals surface area contributed by atoms with Crippen LogP contribution in [0.3, 0.4) is 0 Å². The number of nitrogens with one attached hydrogen (secondary N) is 1. The number of ketones is 1. The lowest BCUT2D eigenvalue weighted by Gasteiger charge is -2.05. The summed E-state index contributed by atoms with van der Waals surface area (Å²) in [6.07, 6.45) is 0.817. The van der Waals surface area contributed by atoms with E-state index < -0.39 is 0 Å². The van der Waals surface area contributed by atoms with Gasteiger partial charge in [0.05, 0.1) is 24.2 Å². The molecule has 1 heterocycles. The van der Waals surface area contributed by atoms with E-state index in [0.29, 0.717) is 17.1 Å². The molecule has 2 aromatic carbocycles. The molecule has 3 aromatic rings. The normalized spacial score (nSPS) is 11.2. The van der Waals surface area contributed by atoms with Gasteiger partial charge in [0.1, 0.15) is 0 Å². The van der Waals surface area contributed by atoms with E-state index in [1.807, 2.05) is 18.2 Å². The van der Waals surface area contributed by atoms with Crippen LogP contribution in [0.1, 0.15) is 22.8 Å². The summed E-state index contributed by atoms with van der Waals surface area (Å²) in [6.45, 7) is 2.40. The maximum Gasteiger partial charge on any atom is 0.203 e. The van der Waals surface area contributed by atoms with Crippen LogP contribution in [0.5, 0.6) is 0 Å². The van der Waals surface area contributed by atoms with Crippen LogP contribution < -0.4 is 5.62 Å². The Morgan fingerprint density at radius 2 is 1.88 bits per heavy atom. The molecule has 3 rings (SSSR count). The number of imidazole rings is 1. The van der Waals surface area contributed by atoms with E-state index in [2.05, 4.69) is 6.92 Å². The van der Waals surface area contributed by atoms with E-state index in [9.17, 15) is 9.90 Å². The zero-order chi connectivity index (χ0) is 18.0. The van der Waals surface area contributed by atoms with Gasteiger partial charge in [-0.15, -0.1) is 0 Å². The molecule has 130 valence electrons. The Balaban J connectivity index is 2.10. The molecule has 0 atom stereocenters. The number of hydrogen-bond donors (Lipinski definition) is 2. The molecule has 25 heavy (non-hydrogen) atoms. The fourth-order valence-electron chi connectivity index (χ4n) is 3.11. The molecule has 0 unspecified atom stereocenters. The number of fused-ring (bicyclic) bond motifs is 1. The quantitative estimate of drug-likeness (QED) is 0.666. The first-order valence-corrected chi connectivity index (χ1v) is 8.59. The van der Waals surface area contributed by atoms with Crippen LogP contribution in [0, 0.1) is 5.41 Å². The Labute approximate surface area is 150 Å². The molecule has 0 bridgehead atoms. The van der Waals surface area contributed by atoms with Gasteiger partial charge in [-0.2, -0.15) is 0 Å². The Morgan fingerprint density at radius 3 is 2.52 bits per heavy atom. The van der Waals surface area contributed by atoms with Crippen molar-refractivity contribution in [3.05, 3.63) is 64.2 Å². The molecule has 0 saturated carbocycles. The standard InChI is InChI=1S/C19H20ClN3O2/c1-2-13-4-3-5-16-18(13)22(10-11-24)19(21)23(16)12-17(25)14-6-8-15(20)9-7-14/h3-9,21,24H,2,10-12H2,1H3. The van der Waals surface area contributed by atoms with Gasteiger partial charge in [-0.3, -0.25) is 10.2 Å². The average Bonchev–Trinajstić information content (AvgIpc) is 2.88. The fourth-order valence-corrected chi connectivity index (χ4v) is 3.23. The molecule has 0 amide bonds. The molecule has 0 radical (unpaired) electrons. The molecule has 0 aliphatic heterocycles. The number of aliphatic hydroxyl groups excluding tert-OH is 1. The molecule has 5 nitrogen and oxygen atoms in total. The zero-order valence-electron chi connectivity index (χ0n) is 14.0. The summed E-state index contributed by atoms with van der Waals surface area (Å²) in [6, 6.07) is 12.6. The van der Waals surface area contributed by atoms with E-state index in [-0.39, 0.29) is 24.6 Å². The number of aliphatic hydroxyl groups is 1. The molecular weight excluding hydrogens is 338 g/mol. The summed E-state index contributed by atoms with van der Waals surface area (Å²) >= 11 is 5.88. The minimum atomic E-state index is -0.0832. The SMILES string of the molecule is CCc1cccc2c1n(CCO)c(=N)n2CC(=O)c1ccc(Cl)cc1. The summed E-state index contributed by atoms with van der Waals surface area (Å²) in [4.78, 5) is 12.6. The fraction of sp³-hybridized carbons (Fsp3) is 0.263. The zero-order valence-corrected chi connectivity index (χ0v) is 14.8. The Kier molecular flexibility index (Phi) is 5.06. The van der Waals surface area contributed by atoms with Crippen molar-refractivity contribution >= 4 is 28.4 Å². The van der Waals surface area contributed by atoms with Gasteiger partial charge in [-0.1, -0.05) is 30.7 Å². The number of halogens is 1. The van der Waals surface area contributed by atoms with Gasteiger partial charge >= 0.3 is 0 Å². The van der Waals surface area contributed by atoms with Crippen molar-refractivity contribution in [2.24, 2.45) is 0 Å². The molecule has 0 aliphatic carbocycles. The number of para-hydroxylation sites is 1. The number of rotatable bonds is 6. The molecule has 2 N–H and O–H groups in total. The number of carbonyl (C=O) groups is 1. The van der Waals surface area contributed by atoms with Gasteiger partial charge < -0.3 is 14.2 Å². The van der Waals surface area contributed by atoms with E-state index in [4.69, 9.17) is 17.0 Å². The summed E-state index contributed by atoms with van der Waals surface area (Å²) in [7, 11) is 0. The van der Waals surface area contributed by atoms with Crippen LogP contribution in [0.15, 0.2) is 42.5 Å². The predicted molar refractivity (Wildman–Crippen MR) is 98.0 cm³/mol. The first-order chi connectivity index (χ1) is 12.1. The van der Waals surface area contributed by atoms with Gasteiger partial charge in [0.15, 0.2) is 5.78 Å². The molecule has 0 saturated heterocycles. The van der Waals surface area contributed by atoms with Crippen LogP contribution in [0.25, 0.3) is 11.0 Å². The minimum Gasteiger partial charge on any atom is -0.395 e. The summed E-state index contributed by atoms with van der Waals surface area (Å²) in [5, 5.41) is 18.4. The third-order valence-corrected chi connectivity index (χ3v) is 4.59. The van der Waals surface area contributed by atoms with Crippen molar-refractivity contribution in [2.75, 3.05) is 6.61 Å². The molecule has 1 aromatic heterocycles. The predicted octanol–water partition coefficient (Wildman–Crippen LogP) is 3.01. The van der Waals surface area contributed by atoms with Crippen molar-refractivity contribution < 1.29 is 9.90 Å². The van der Waals surface area contributed by atoms with Gasteiger partial charge in [-0.25, -0.2) is 0 Å². The lowest BCUT2D eigenvalue weighted by molar-refractivity contribution is 0.0971. The largest absolute Gasteiger partial charge is 0.395 e. The lowest BCUT2D eigenvalue weighted by Crippen LogP contribution is -2.28. The lowest BCUT2D eigenvalue weighted by atomic mass is 10.1. The Bertz CT molecular complexity index is 971. The average molecular weight is 358 g/mol. The highest BCUT2D eigenvalue weighted by atomic mass is 35.5. The van der Waals surface area contributed by atoms with Crippen molar-refractivity contribution in [1.82, 2.24) is 9.13 Å². The molecule has 6 heteroatoms.